The van der Waals surface area contributed by atoms with Crippen LogP contribution in [-0.2, 0) is 14.3 Å². The molecule has 2 unspecified atom stereocenters. The van der Waals surface area contributed by atoms with E-state index in [0.29, 0.717) is 0 Å². The summed E-state index contributed by atoms with van der Waals surface area (Å²) in [5.74, 6) is -0.877. The molecule has 2 rings (SSSR count). The molecule has 0 spiro atoms. The van der Waals surface area contributed by atoms with E-state index in [2.05, 4.69) is 12.2 Å². The molecule has 2 saturated heterocycles. The maximum atomic E-state index is 12.5. The number of epoxide rings is 1. The summed E-state index contributed by atoms with van der Waals surface area (Å²) in [5.41, 5.74) is -2.84. The molecule has 0 bridgehead atoms. The average Bonchev–Trinajstić information content (AvgIpc) is 3.18. The lowest BCUT2D eigenvalue weighted by molar-refractivity contribution is -0.140. The Balaban J connectivity index is 1.72. The second kappa shape index (κ2) is 6.67. The zero-order chi connectivity index (χ0) is 16.4. The number of unbranched alkanes of at least 4 members (excludes halogenated alkanes) is 6. The molecule has 2 heterocycles. The van der Waals surface area contributed by atoms with Crippen LogP contribution in [0.1, 0.15) is 72.1 Å². The first-order chi connectivity index (χ1) is 10.4. The van der Waals surface area contributed by atoms with Crippen molar-refractivity contribution in [1.29, 1.82) is 0 Å². The van der Waals surface area contributed by atoms with Gasteiger partial charge in [-0.15, -0.1) is 0 Å². The third-order valence-corrected chi connectivity index (χ3v) is 4.88. The standard InChI is InChI=1S/C17H29NO4/c1-4-5-6-7-8-9-10-11-12(2)13(19)17-14(22-17)16(3,21)18-15(17)20/h12,14,21H,4-11H2,1-3H3,(H,18,20)/t12?,14-,16?,17-/m0/s1. The molecule has 2 aliphatic rings. The molecule has 22 heavy (non-hydrogen) atoms. The minimum atomic E-state index is -1.42. The molecular formula is C17H29NO4. The molecule has 1 amide bonds. The molecule has 2 fully saturated rings. The molecular weight excluding hydrogens is 282 g/mol. The van der Waals surface area contributed by atoms with Gasteiger partial charge in [0.1, 0.15) is 0 Å². The second-order valence-corrected chi connectivity index (χ2v) is 7.01. The Kier molecular flexibility index (Phi) is 5.28. The summed E-state index contributed by atoms with van der Waals surface area (Å²) in [7, 11) is 0. The van der Waals surface area contributed by atoms with Crippen molar-refractivity contribution in [3.05, 3.63) is 0 Å². The smallest absolute Gasteiger partial charge is 0.265 e. The minimum Gasteiger partial charge on any atom is -0.368 e. The Morgan fingerprint density at radius 1 is 1.27 bits per heavy atom. The van der Waals surface area contributed by atoms with E-state index in [1.807, 2.05) is 6.92 Å². The molecule has 2 aliphatic heterocycles. The molecule has 5 heteroatoms. The first kappa shape index (κ1) is 17.4. The molecule has 4 atom stereocenters. The number of ketones is 1. The summed E-state index contributed by atoms with van der Waals surface area (Å²) in [5, 5.41) is 12.4. The van der Waals surface area contributed by atoms with Gasteiger partial charge < -0.3 is 15.2 Å². The van der Waals surface area contributed by atoms with Gasteiger partial charge in [0.2, 0.25) is 5.60 Å². The molecule has 0 aromatic heterocycles. The van der Waals surface area contributed by atoms with Gasteiger partial charge in [0.05, 0.1) is 0 Å². The number of ether oxygens (including phenoxy) is 1. The fourth-order valence-electron chi connectivity index (χ4n) is 3.43. The van der Waals surface area contributed by atoms with E-state index in [1.54, 1.807) is 0 Å². The first-order valence-electron chi connectivity index (χ1n) is 8.63. The summed E-state index contributed by atoms with van der Waals surface area (Å²) in [4.78, 5) is 24.5. The number of morpholine rings is 1. The van der Waals surface area contributed by atoms with E-state index in [4.69, 9.17) is 4.74 Å². The van der Waals surface area contributed by atoms with E-state index in [1.165, 1.54) is 39.0 Å². The van der Waals surface area contributed by atoms with Crippen LogP contribution < -0.4 is 5.32 Å². The Labute approximate surface area is 132 Å². The highest BCUT2D eigenvalue weighted by atomic mass is 16.6. The summed E-state index contributed by atoms with van der Waals surface area (Å²) in [6.07, 6.45) is 8.48. The SMILES string of the molecule is CCCCCCCCCC(C)C(=O)[C@]12O[C@H]1C(C)(O)NC2=O. The zero-order valence-electron chi connectivity index (χ0n) is 14.0. The molecule has 0 aliphatic carbocycles. The minimum absolute atomic E-state index is 0.182. The van der Waals surface area contributed by atoms with E-state index in [-0.39, 0.29) is 11.7 Å². The van der Waals surface area contributed by atoms with Crippen molar-refractivity contribution in [3.8, 4) is 0 Å². The van der Waals surface area contributed by atoms with Gasteiger partial charge in [-0.3, -0.25) is 9.59 Å². The Morgan fingerprint density at radius 2 is 1.86 bits per heavy atom. The van der Waals surface area contributed by atoms with Crippen molar-refractivity contribution in [3.63, 3.8) is 0 Å². The van der Waals surface area contributed by atoms with Crippen molar-refractivity contribution in [2.45, 2.75) is 89.6 Å². The number of aliphatic hydroxyl groups is 1. The fourth-order valence-corrected chi connectivity index (χ4v) is 3.43. The van der Waals surface area contributed by atoms with Gasteiger partial charge in [-0.1, -0.05) is 58.8 Å². The topological polar surface area (TPSA) is 78.9 Å². The summed E-state index contributed by atoms with van der Waals surface area (Å²) in [6, 6.07) is 0. The number of nitrogens with one attached hydrogen (secondary N) is 1. The van der Waals surface area contributed by atoms with Gasteiger partial charge in [-0.2, -0.15) is 0 Å². The number of Topliss-reactive ketones (excluding diaryl/α,β-unsaturated/α-hetero) is 1. The van der Waals surface area contributed by atoms with E-state index in [9.17, 15) is 14.7 Å². The largest absolute Gasteiger partial charge is 0.368 e. The summed E-state index contributed by atoms with van der Waals surface area (Å²) < 4.78 is 5.31. The van der Waals surface area contributed by atoms with Crippen LogP contribution in [0.25, 0.3) is 0 Å². The number of carbonyl (C=O) groups excluding carboxylic acids is 2. The van der Waals surface area contributed by atoms with Gasteiger partial charge in [0, 0.05) is 5.92 Å². The lowest BCUT2D eigenvalue weighted by Gasteiger charge is -2.17. The van der Waals surface area contributed by atoms with Gasteiger partial charge in [0.15, 0.2) is 17.6 Å². The summed E-state index contributed by atoms with van der Waals surface area (Å²) in [6.45, 7) is 5.53. The Bertz CT molecular complexity index is 434. The van der Waals surface area contributed by atoms with E-state index >= 15 is 0 Å². The predicted molar refractivity (Wildman–Crippen MR) is 83.2 cm³/mol. The van der Waals surface area contributed by atoms with Gasteiger partial charge in [0.25, 0.3) is 5.91 Å². The van der Waals surface area contributed by atoms with Crippen LogP contribution in [-0.4, -0.2) is 34.2 Å². The third kappa shape index (κ3) is 3.20. The maximum Gasteiger partial charge on any atom is 0.265 e. The third-order valence-electron chi connectivity index (χ3n) is 4.88. The first-order valence-corrected chi connectivity index (χ1v) is 8.63. The Morgan fingerprint density at radius 3 is 2.36 bits per heavy atom. The lowest BCUT2D eigenvalue weighted by atomic mass is 9.87. The number of rotatable bonds is 10. The average molecular weight is 311 g/mol. The number of carbonyl (C=O) groups is 2. The van der Waals surface area contributed by atoms with Crippen LogP contribution >= 0.6 is 0 Å². The van der Waals surface area contributed by atoms with Crippen molar-refractivity contribution in [2.75, 3.05) is 0 Å². The molecule has 5 nitrogen and oxygen atoms in total. The van der Waals surface area contributed by atoms with Crippen LogP contribution in [0.2, 0.25) is 0 Å². The molecule has 0 aromatic rings. The van der Waals surface area contributed by atoms with Crippen LogP contribution in [0.15, 0.2) is 0 Å². The highest BCUT2D eigenvalue weighted by Gasteiger charge is 2.79. The molecule has 0 saturated carbocycles. The number of hydrogen-bond donors (Lipinski definition) is 2. The van der Waals surface area contributed by atoms with Gasteiger partial charge in [-0.25, -0.2) is 0 Å². The Hall–Kier alpha value is -0.940. The van der Waals surface area contributed by atoms with Gasteiger partial charge >= 0.3 is 0 Å². The number of amides is 1. The fraction of sp³-hybridized carbons (Fsp3) is 0.882. The maximum absolute atomic E-state index is 12.5. The van der Waals surface area contributed by atoms with Crippen LogP contribution in [0.5, 0.6) is 0 Å². The summed E-state index contributed by atoms with van der Waals surface area (Å²) >= 11 is 0. The van der Waals surface area contributed by atoms with Gasteiger partial charge in [-0.05, 0) is 13.3 Å². The highest BCUT2D eigenvalue weighted by molar-refractivity contribution is 6.15. The number of fused-ring (bicyclic) bond motifs is 1. The van der Waals surface area contributed by atoms with Crippen molar-refractivity contribution in [1.82, 2.24) is 5.32 Å². The quantitative estimate of drug-likeness (QED) is 0.369. The molecule has 0 radical (unpaired) electrons. The molecule has 0 aromatic carbocycles. The van der Waals surface area contributed by atoms with E-state index < -0.39 is 23.3 Å². The van der Waals surface area contributed by atoms with Crippen LogP contribution in [0, 0.1) is 5.92 Å². The molecule has 2 N–H and O–H groups in total. The van der Waals surface area contributed by atoms with Crippen LogP contribution in [0.4, 0.5) is 0 Å². The predicted octanol–water partition coefficient (Wildman–Crippen LogP) is 2.31. The van der Waals surface area contributed by atoms with Crippen molar-refractivity contribution < 1.29 is 19.4 Å². The van der Waals surface area contributed by atoms with Crippen molar-refractivity contribution in [2.24, 2.45) is 5.92 Å². The molecule has 126 valence electrons. The normalized spacial score (nSPS) is 34.2. The van der Waals surface area contributed by atoms with E-state index in [0.717, 1.165) is 19.3 Å². The van der Waals surface area contributed by atoms with Crippen molar-refractivity contribution >= 4 is 11.7 Å². The monoisotopic (exact) mass is 311 g/mol. The lowest BCUT2D eigenvalue weighted by Crippen LogP contribution is -2.45. The number of hydrogen-bond acceptors (Lipinski definition) is 4. The van der Waals surface area contributed by atoms with Crippen LogP contribution in [0.3, 0.4) is 0 Å². The zero-order valence-corrected chi connectivity index (χ0v) is 14.0. The highest BCUT2D eigenvalue weighted by Crippen LogP contribution is 2.49. The second-order valence-electron chi connectivity index (χ2n) is 7.01.